The summed E-state index contributed by atoms with van der Waals surface area (Å²) in [5, 5.41) is 9.69. The third-order valence-corrected chi connectivity index (χ3v) is 7.83. The zero-order chi connectivity index (χ0) is 25.3. The lowest BCUT2D eigenvalue weighted by Crippen LogP contribution is -2.48. The van der Waals surface area contributed by atoms with E-state index in [9.17, 15) is 14.9 Å². The second-order valence-corrected chi connectivity index (χ2v) is 10.8. The summed E-state index contributed by atoms with van der Waals surface area (Å²) in [7, 11) is 1.70. The van der Waals surface area contributed by atoms with E-state index in [0.717, 1.165) is 44.1 Å². The second kappa shape index (κ2) is 10.4. The quantitative estimate of drug-likeness (QED) is 0.453. The standard InChI is InChI=1S/C26H29N5O2S2/c1-17(2)31-25(33)22(35-26(31)34)14-20-18(3)21(15-27)24(32)28(4)23(20)30-12-10-29(11-13-30)16-19-8-6-5-7-9-19/h5-9,14,17H,10-13,16H2,1-4H3/b22-14-. The lowest BCUT2D eigenvalue weighted by molar-refractivity contribution is -0.123. The monoisotopic (exact) mass is 507 g/mol. The summed E-state index contributed by atoms with van der Waals surface area (Å²) in [6, 6.07) is 12.4. The Morgan fingerprint density at radius 3 is 2.37 bits per heavy atom. The van der Waals surface area contributed by atoms with Crippen molar-refractivity contribution in [1.29, 1.82) is 5.26 Å². The van der Waals surface area contributed by atoms with Crippen LogP contribution in [0.25, 0.3) is 6.08 Å². The number of piperazine rings is 1. The van der Waals surface area contributed by atoms with Crippen molar-refractivity contribution in [2.75, 3.05) is 31.1 Å². The number of rotatable bonds is 5. The predicted octanol–water partition coefficient (Wildman–Crippen LogP) is 3.50. The van der Waals surface area contributed by atoms with Crippen molar-refractivity contribution in [2.45, 2.75) is 33.4 Å². The third-order valence-electron chi connectivity index (χ3n) is 6.50. The zero-order valence-electron chi connectivity index (χ0n) is 20.4. The Morgan fingerprint density at radius 1 is 1.14 bits per heavy atom. The Kier molecular flexibility index (Phi) is 7.45. The maximum Gasteiger partial charge on any atom is 0.270 e. The number of aromatic nitrogens is 1. The number of hydrogen-bond acceptors (Lipinski definition) is 7. The molecule has 35 heavy (non-hydrogen) atoms. The van der Waals surface area contributed by atoms with E-state index in [4.69, 9.17) is 12.2 Å². The van der Waals surface area contributed by atoms with Crippen LogP contribution in [0.3, 0.4) is 0 Å². The number of benzene rings is 1. The summed E-state index contributed by atoms with van der Waals surface area (Å²) in [4.78, 5) is 32.8. The van der Waals surface area contributed by atoms with Crippen LogP contribution in [0.5, 0.6) is 0 Å². The number of pyridine rings is 1. The number of nitriles is 1. The average Bonchev–Trinajstić information content (AvgIpc) is 3.12. The van der Waals surface area contributed by atoms with E-state index in [1.54, 1.807) is 23.4 Å². The van der Waals surface area contributed by atoms with E-state index < -0.39 is 0 Å². The normalized spacial score (nSPS) is 18.1. The van der Waals surface area contributed by atoms with Gasteiger partial charge < -0.3 is 4.90 Å². The highest BCUT2D eigenvalue weighted by Gasteiger charge is 2.35. The topological polar surface area (TPSA) is 72.6 Å². The van der Waals surface area contributed by atoms with Crippen molar-refractivity contribution in [3.8, 4) is 6.07 Å². The van der Waals surface area contributed by atoms with Crippen molar-refractivity contribution in [3.05, 3.63) is 67.8 Å². The molecule has 2 aliphatic heterocycles. The Morgan fingerprint density at radius 2 is 1.80 bits per heavy atom. The number of anilines is 1. The smallest absolute Gasteiger partial charge is 0.270 e. The van der Waals surface area contributed by atoms with Gasteiger partial charge in [-0.05, 0) is 38.0 Å². The van der Waals surface area contributed by atoms with Crippen molar-refractivity contribution in [1.82, 2.24) is 14.4 Å². The molecule has 1 aromatic heterocycles. The molecule has 4 rings (SSSR count). The summed E-state index contributed by atoms with van der Waals surface area (Å²) in [6.07, 6.45) is 1.81. The second-order valence-electron chi connectivity index (χ2n) is 9.11. The van der Waals surface area contributed by atoms with E-state index in [-0.39, 0.29) is 23.1 Å². The summed E-state index contributed by atoms with van der Waals surface area (Å²) in [6.45, 7) is 9.68. The van der Waals surface area contributed by atoms with Gasteiger partial charge in [-0.25, -0.2) is 0 Å². The highest BCUT2D eigenvalue weighted by Crippen LogP contribution is 2.36. The highest BCUT2D eigenvalue weighted by molar-refractivity contribution is 8.26. The minimum Gasteiger partial charge on any atom is -0.355 e. The summed E-state index contributed by atoms with van der Waals surface area (Å²) >= 11 is 6.71. The van der Waals surface area contributed by atoms with Gasteiger partial charge in [-0.15, -0.1) is 0 Å². The lowest BCUT2D eigenvalue weighted by Gasteiger charge is -2.37. The first kappa shape index (κ1) is 25.2. The minimum absolute atomic E-state index is 0.0403. The van der Waals surface area contributed by atoms with Crippen LogP contribution in [-0.2, 0) is 18.4 Å². The number of thiocarbonyl (C=S) groups is 1. The number of carbonyl (C=O) groups excluding carboxylic acids is 1. The van der Waals surface area contributed by atoms with E-state index in [0.29, 0.717) is 14.8 Å². The van der Waals surface area contributed by atoms with Gasteiger partial charge in [0.05, 0.1) is 4.91 Å². The van der Waals surface area contributed by atoms with Gasteiger partial charge in [0, 0.05) is 51.4 Å². The zero-order valence-corrected chi connectivity index (χ0v) is 22.1. The van der Waals surface area contributed by atoms with Gasteiger partial charge in [-0.1, -0.05) is 54.3 Å². The van der Waals surface area contributed by atoms with E-state index in [1.165, 1.54) is 17.3 Å². The molecule has 2 aliphatic rings. The van der Waals surface area contributed by atoms with Gasteiger partial charge >= 0.3 is 0 Å². The Balaban J connectivity index is 1.69. The fraction of sp³-hybridized carbons (Fsp3) is 0.385. The molecule has 0 saturated carbocycles. The van der Waals surface area contributed by atoms with Crippen molar-refractivity contribution >= 4 is 46.1 Å². The van der Waals surface area contributed by atoms with Gasteiger partial charge in [0.1, 0.15) is 21.8 Å². The summed E-state index contributed by atoms with van der Waals surface area (Å²) in [5.41, 5.74) is 2.37. The van der Waals surface area contributed by atoms with Gasteiger partial charge in [0.15, 0.2) is 0 Å². The molecule has 2 fully saturated rings. The van der Waals surface area contributed by atoms with Crippen LogP contribution in [0.4, 0.5) is 5.82 Å². The van der Waals surface area contributed by atoms with Crippen LogP contribution in [0.1, 0.15) is 36.1 Å². The maximum absolute atomic E-state index is 13.1. The van der Waals surface area contributed by atoms with Crippen LogP contribution in [0, 0.1) is 18.3 Å². The first-order valence-corrected chi connectivity index (χ1v) is 12.9. The molecule has 0 bridgehead atoms. The number of thioether (sulfide) groups is 1. The molecule has 0 unspecified atom stereocenters. The summed E-state index contributed by atoms with van der Waals surface area (Å²) < 4.78 is 2.07. The van der Waals surface area contributed by atoms with Crippen molar-refractivity contribution in [2.24, 2.45) is 7.05 Å². The van der Waals surface area contributed by atoms with Gasteiger partial charge in [-0.2, -0.15) is 5.26 Å². The Labute approximate surface area is 215 Å². The molecule has 2 aromatic rings. The molecule has 0 aliphatic carbocycles. The van der Waals surface area contributed by atoms with E-state index >= 15 is 0 Å². The van der Waals surface area contributed by atoms with Crippen molar-refractivity contribution in [3.63, 3.8) is 0 Å². The van der Waals surface area contributed by atoms with Gasteiger partial charge in [0.25, 0.3) is 11.5 Å². The molecule has 2 saturated heterocycles. The van der Waals surface area contributed by atoms with Crippen LogP contribution in [0.2, 0.25) is 0 Å². The van der Waals surface area contributed by atoms with Crippen LogP contribution >= 0.6 is 24.0 Å². The molecule has 0 atom stereocenters. The molecule has 9 heteroatoms. The summed E-state index contributed by atoms with van der Waals surface area (Å²) in [5.74, 6) is 0.598. The molecule has 7 nitrogen and oxygen atoms in total. The molecule has 182 valence electrons. The molecular formula is C26H29N5O2S2. The van der Waals surface area contributed by atoms with E-state index in [2.05, 4.69) is 40.1 Å². The fourth-order valence-electron chi connectivity index (χ4n) is 4.61. The van der Waals surface area contributed by atoms with Gasteiger partial charge in [-0.3, -0.25) is 24.0 Å². The van der Waals surface area contributed by atoms with Crippen molar-refractivity contribution < 1.29 is 4.79 Å². The maximum atomic E-state index is 13.1. The van der Waals surface area contributed by atoms with E-state index in [1.807, 2.05) is 26.0 Å². The Hall–Kier alpha value is -2.93. The minimum atomic E-state index is -0.321. The van der Waals surface area contributed by atoms with Crippen LogP contribution < -0.4 is 10.5 Å². The molecule has 3 heterocycles. The number of nitrogens with zero attached hydrogens (tertiary/aromatic N) is 5. The molecule has 1 aromatic carbocycles. The largest absolute Gasteiger partial charge is 0.355 e. The number of amides is 1. The lowest BCUT2D eigenvalue weighted by atomic mass is 10.0. The van der Waals surface area contributed by atoms with Crippen LogP contribution in [0.15, 0.2) is 40.0 Å². The molecule has 0 radical (unpaired) electrons. The molecule has 0 spiro atoms. The highest BCUT2D eigenvalue weighted by atomic mass is 32.2. The first-order valence-electron chi connectivity index (χ1n) is 11.6. The number of hydrogen-bond donors (Lipinski definition) is 0. The fourth-order valence-corrected chi connectivity index (χ4v) is 6.12. The number of carbonyl (C=O) groups is 1. The van der Waals surface area contributed by atoms with Gasteiger partial charge in [0.2, 0.25) is 0 Å². The average molecular weight is 508 g/mol. The molecule has 0 N–H and O–H groups in total. The molecular weight excluding hydrogens is 478 g/mol. The predicted molar refractivity (Wildman–Crippen MR) is 145 cm³/mol. The third kappa shape index (κ3) is 4.92. The first-order chi connectivity index (χ1) is 16.7. The molecule has 1 amide bonds. The van der Waals surface area contributed by atoms with Crippen LogP contribution in [-0.4, -0.2) is 56.8 Å². The SMILES string of the molecule is Cc1c(/C=C2\SC(=S)N(C(C)C)C2=O)c(N2CCN(Cc3ccccc3)CC2)n(C)c(=O)c1C#N. The Bertz CT molecular complexity index is 1290.